The summed E-state index contributed by atoms with van der Waals surface area (Å²) < 4.78 is 26.9. The van der Waals surface area contributed by atoms with E-state index in [9.17, 15) is 18.0 Å². The SMILES string of the molecule is Cc1ccc(S(=O)(=O)NCCNC(=O)c2ccc(NC(=O)c3ccccc3)cc2)cc1. The van der Waals surface area contributed by atoms with Gasteiger partial charge in [-0.2, -0.15) is 0 Å². The van der Waals surface area contributed by atoms with Crippen molar-refractivity contribution in [1.29, 1.82) is 0 Å². The van der Waals surface area contributed by atoms with Crippen LogP contribution in [0.5, 0.6) is 0 Å². The lowest BCUT2D eigenvalue weighted by molar-refractivity contribution is 0.0953. The Balaban J connectivity index is 1.47. The van der Waals surface area contributed by atoms with Crippen LogP contribution < -0.4 is 15.4 Å². The van der Waals surface area contributed by atoms with Gasteiger partial charge in [-0.05, 0) is 55.5 Å². The molecule has 31 heavy (non-hydrogen) atoms. The molecular weight excluding hydrogens is 414 g/mol. The fourth-order valence-corrected chi connectivity index (χ4v) is 3.79. The van der Waals surface area contributed by atoms with Gasteiger partial charge in [0.2, 0.25) is 10.0 Å². The predicted octanol–water partition coefficient (Wildman–Crippen LogP) is 2.96. The first-order valence-corrected chi connectivity index (χ1v) is 11.1. The Hall–Kier alpha value is -3.49. The summed E-state index contributed by atoms with van der Waals surface area (Å²) in [5, 5.41) is 5.43. The van der Waals surface area contributed by atoms with Crippen molar-refractivity contribution in [3.8, 4) is 0 Å². The summed E-state index contributed by atoms with van der Waals surface area (Å²) in [5.41, 5.74) is 2.48. The van der Waals surface area contributed by atoms with Gasteiger partial charge in [0.05, 0.1) is 4.90 Å². The van der Waals surface area contributed by atoms with Gasteiger partial charge in [0.25, 0.3) is 11.8 Å². The number of hydrogen-bond donors (Lipinski definition) is 3. The van der Waals surface area contributed by atoms with Crippen molar-refractivity contribution in [3.63, 3.8) is 0 Å². The molecule has 0 fully saturated rings. The number of hydrogen-bond acceptors (Lipinski definition) is 4. The summed E-state index contributed by atoms with van der Waals surface area (Å²) in [6, 6.07) is 21.8. The largest absolute Gasteiger partial charge is 0.351 e. The summed E-state index contributed by atoms with van der Waals surface area (Å²) >= 11 is 0. The summed E-state index contributed by atoms with van der Waals surface area (Å²) in [5.74, 6) is -0.575. The predicted molar refractivity (Wildman–Crippen MR) is 120 cm³/mol. The van der Waals surface area contributed by atoms with Crippen LogP contribution in [-0.4, -0.2) is 33.3 Å². The van der Waals surface area contributed by atoms with Crippen LogP contribution in [0.2, 0.25) is 0 Å². The Morgan fingerprint density at radius 3 is 2.00 bits per heavy atom. The lowest BCUT2D eigenvalue weighted by Crippen LogP contribution is -2.34. The molecule has 0 saturated heterocycles. The molecule has 3 aromatic carbocycles. The maximum atomic E-state index is 12.3. The van der Waals surface area contributed by atoms with E-state index in [1.165, 1.54) is 12.1 Å². The molecule has 160 valence electrons. The second-order valence-corrected chi connectivity index (χ2v) is 8.63. The fraction of sp³-hybridized carbons (Fsp3) is 0.130. The number of anilines is 1. The molecule has 0 radical (unpaired) electrons. The Labute approximate surface area is 181 Å². The van der Waals surface area contributed by atoms with Crippen LogP contribution in [0.15, 0.2) is 83.8 Å². The van der Waals surface area contributed by atoms with E-state index in [0.29, 0.717) is 16.8 Å². The van der Waals surface area contributed by atoms with E-state index in [0.717, 1.165) is 5.56 Å². The Morgan fingerprint density at radius 1 is 0.742 bits per heavy atom. The van der Waals surface area contributed by atoms with Crippen LogP contribution in [0.1, 0.15) is 26.3 Å². The number of nitrogens with one attached hydrogen (secondary N) is 3. The lowest BCUT2D eigenvalue weighted by Gasteiger charge is -2.09. The van der Waals surface area contributed by atoms with Gasteiger partial charge < -0.3 is 10.6 Å². The van der Waals surface area contributed by atoms with Crippen molar-refractivity contribution >= 4 is 27.5 Å². The van der Waals surface area contributed by atoms with Gasteiger partial charge in [-0.25, -0.2) is 13.1 Å². The number of rotatable bonds is 8. The van der Waals surface area contributed by atoms with Crippen molar-refractivity contribution in [3.05, 3.63) is 95.6 Å². The average molecular weight is 438 g/mol. The third-order valence-electron chi connectivity index (χ3n) is 4.47. The lowest BCUT2D eigenvalue weighted by atomic mass is 10.1. The first-order valence-electron chi connectivity index (χ1n) is 9.66. The van der Waals surface area contributed by atoms with Crippen molar-refractivity contribution in [2.45, 2.75) is 11.8 Å². The maximum Gasteiger partial charge on any atom is 0.255 e. The molecule has 0 aromatic heterocycles. The first kappa shape index (κ1) is 22.2. The third kappa shape index (κ3) is 6.24. The number of benzene rings is 3. The van der Waals surface area contributed by atoms with Crippen molar-refractivity contribution < 1.29 is 18.0 Å². The van der Waals surface area contributed by atoms with Crippen molar-refractivity contribution in [1.82, 2.24) is 10.0 Å². The van der Waals surface area contributed by atoms with Crippen LogP contribution >= 0.6 is 0 Å². The highest BCUT2D eigenvalue weighted by Gasteiger charge is 2.13. The molecule has 3 aromatic rings. The molecular formula is C23H23N3O4S. The van der Waals surface area contributed by atoms with Gasteiger partial charge >= 0.3 is 0 Å². The molecule has 0 aliphatic carbocycles. The summed E-state index contributed by atoms with van der Waals surface area (Å²) in [6.45, 7) is 2.08. The molecule has 8 heteroatoms. The molecule has 0 aliphatic rings. The molecule has 0 atom stereocenters. The highest BCUT2D eigenvalue weighted by Crippen LogP contribution is 2.12. The Bertz CT molecular complexity index is 1140. The van der Waals surface area contributed by atoms with Gasteiger partial charge in [0, 0.05) is 29.9 Å². The monoisotopic (exact) mass is 437 g/mol. The normalized spacial score (nSPS) is 11.0. The van der Waals surface area contributed by atoms with E-state index in [1.54, 1.807) is 60.7 Å². The van der Waals surface area contributed by atoms with Gasteiger partial charge in [0.15, 0.2) is 0 Å². The zero-order chi connectivity index (χ0) is 22.3. The fourth-order valence-electron chi connectivity index (χ4n) is 2.76. The van der Waals surface area contributed by atoms with E-state index >= 15 is 0 Å². The number of sulfonamides is 1. The van der Waals surface area contributed by atoms with Crippen LogP contribution in [-0.2, 0) is 10.0 Å². The molecule has 0 saturated carbocycles. The van der Waals surface area contributed by atoms with Crippen molar-refractivity contribution in [2.24, 2.45) is 0 Å². The van der Waals surface area contributed by atoms with Crippen molar-refractivity contribution in [2.75, 3.05) is 18.4 Å². The zero-order valence-electron chi connectivity index (χ0n) is 17.0. The minimum atomic E-state index is -3.62. The van der Waals surface area contributed by atoms with E-state index in [4.69, 9.17) is 0 Å². The summed E-state index contributed by atoms with van der Waals surface area (Å²) in [4.78, 5) is 24.6. The third-order valence-corrected chi connectivity index (χ3v) is 5.95. The maximum absolute atomic E-state index is 12.3. The summed E-state index contributed by atoms with van der Waals surface area (Å²) in [6.07, 6.45) is 0. The molecule has 0 bridgehead atoms. The second-order valence-electron chi connectivity index (χ2n) is 6.86. The smallest absolute Gasteiger partial charge is 0.255 e. The minimum Gasteiger partial charge on any atom is -0.351 e. The first-order chi connectivity index (χ1) is 14.8. The molecule has 7 nitrogen and oxygen atoms in total. The number of aryl methyl sites for hydroxylation is 1. The van der Waals surface area contributed by atoms with E-state index in [2.05, 4.69) is 15.4 Å². The topological polar surface area (TPSA) is 104 Å². The van der Waals surface area contributed by atoms with Gasteiger partial charge in [-0.3, -0.25) is 9.59 Å². The van der Waals surface area contributed by atoms with Gasteiger partial charge in [-0.1, -0.05) is 35.9 Å². The highest BCUT2D eigenvalue weighted by molar-refractivity contribution is 7.89. The number of amides is 2. The van der Waals surface area contributed by atoms with Crippen LogP contribution in [0.25, 0.3) is 0 Å². The molecule has 0 heterocycles. The molecule has 0 spiro atoms. The standard InChI is InChI=1S/C23H23N3O4S/c1-17-7-13-21(14-8-17)31(29,30)25-16-15-24-22(27)19-9-11-20(12-10-19)26-23(28)18-5-3-2-4-6-18/h2-14,25H,15-16H2,1H3,(H,24,27)(H,26,28). The number of carbonyl (C=O) groups excluding carboxylic acids is 2. The zero-order valence-corrected chi connectivity index (χ0v) is 17.8. The van der Waals surface area contributed by atoms with E-state index in [-0.39, 0.29) is 29.8 Å². The molecule has 2 amide bonds. The Morgan fingerprint density at radius 2 is 1.35 bits per heavy atom. The average Bonchev–Trinajstić information content (AvgIpc) is 2.78. The Kier molecular flexibility index (Phi) is 7.17. The second kappa shape index (κ2) is 10.0. The van der Waals surface area contributed by atoms with E-state index in [1.807, 2.05) is 13.0 Å². The van der Waals surface area contributed by atoms with Crippen LogP contribution in [0.3, 0.4) is 0 Å². The van der Waals surface area contributed by atoms with E-state index < -0.39 is 10.0 Å². The van der Waals surface area contributed by atoms with Gasteiger partial charge in [0.1, 0.15) is 0 Å². The minimum absolute atomic E-state index is 0.0627. The summed E-state index contributed by atoms with van der Waals surface area (Å²) in [7, 11) is -3.62. The molecule has 0 aliphatic heterocycles. The molecule has 3 rings (SSSR count). The van der Waals surface area contributed by atoms with Crippen LogP contribution in [0.4, 0.5) is 5.69 Å². The highest BCUT2D eigenvalue weighted by atomic mass is 32.2. The molecule has 0 unspecified atom stereocenters. The quantitative estimate of drug-likeness (QED) is 0.471. The van der Waals surface area contributed by atoms with Gasteiger partial charge in [-0.15, -0.1) is 0 Å². The number of carbonyl (C=O) groups is 2. The molecule has 3 N–H and O–H groups in total. The van der Waals surface area contributed by atoms with Crippen LogP contribution in [0, 0.1) is 6.92 Å².